The molecule has 106 valence electrons. The molecule has 2 aromatic carbocycles. The molecule has 0 spiro atoms. The van der Waals surface area contributed by atoms with Crippen LogP contribution >= 0.6 is 27.3 Å². The van der Waals surface area contributed by atoms with Crippen molar-refractivity contribution in [2.45, 2.75) is 12.6 Å². The van der Waals surface area contributed by atoms with E-state index in [0.29, 0.717) is 0 Å². The van der Waals surface area contributed by atoms with Crippen LogP contribution in [0.25, 0.3) is 10.8 Å². The van der Waals surface area contributed by atoms with Crippen molar-refractivity contribution < 1.29 is 4.74 Å². The van der Waals surface area contributed by atoms with Crippen LogP contribution < -0.4 is 10.1 Å². The second-order valence-corrected chi connectivity index (χ2v) is 6.94. The third kappa shape index (κ3) is 2.37. The first-order valence-corrected chi connectivity index (χ1v) is 8.61. The van der Waals surface area contributed by atoms with Crippen molar-refractivity contribution in [2.24, 2.45) is 0 Å². The minimum atomic E-state index is 0.0957. The lowest BCUT2D eigenvalue weighted by molar-refractivity contribution is 0.198. The van der Waals surface area contributed by atoms with Gasteiger partial charge in [0.1, 0.15) is 11.9 Å². The van der Waals surface area contributed by atoms with E-state index in [4.69, 9.17) is 4.74 Å². The van der Waals surface area contributed by atoms with Crippen LogP contribution in [0.3, 0.4) is 0 Å². The molecule has 4 rings (SSSR count). The van der Waals surface area contributed by atoms with Crippen LogP contribution in [0.1, 0.15) is 16.5 Å². The van der Waals surface area contributed by atoms with E-state index < -0.39 is 0 Å². The molecule has 0 bridgehead atoms. The van der Waals surface area contributed by atoms with E-state index in [2.05, 4.69) is 63.0 Å². The molecule has 1 unspecified atom stereocenters. The summed E-state index contributed by atoms with van der Waals surface area (Å²) in [7, 11) is 0. The number of hydrogen-bond donors (Lipinski definition) is 1. The van der Waals surface area contributed by atoms with Gasteiger partial charge in [-0.15, -0.1) is 11.3 Å². The van der Waals surface area contributed by atoms with E-state index >= 15 is 0 Å². The molecule has 1 aromatic heterocycles. The van der Waals surface area contributed by atoms with Gasteiger partial charge in [0.2, 0.25) is 0 Å². The van der Waals surface area contributed by atoms with Crippen LogP contribution in [0.5, 0.6) is 5.75 Å². The monoisotopic (exact) mass is 359 g/mol. The van der Waals surface area contributed by atoms with Crippen LogP contribution in [-0.4, -0.2) is 6.54 Å². The third-order valence-corrected chi connectivity index (χ3v) is 5.56. The zero-order valence-electron chi connectivity index (χ0n) is 11.3. The van der Waals surface area contributed by atoms with Crippen LogP contribution in [0.4, 0.5) is 0 Å². The van der Waals surface area contributed by atoms with Gasteiger partial charge < -0.3 is 10.1 Å². The van der Waals surface area contributed by atoms with Gasteiger partial charge in [-0.3, -0.25) is 0 Å². The van der Waals surface area contributed by atoms with Gasteiger partial charge in [-0.1, -0.05) is 40.2 Å². The van der Waals surface area contributed by atoms with E-state index in [-0.39, 0.29) is 6.10 Å². The van der Waals surface area contributed by atoms with Gasteiger partial charge in [0.15, 0.2) is 0 Å². The van der Waals surface area contributed by atoms with Crippen molar-refractivity contribution in [3.63, 3.8) is 0 Å². The van der Waals surface area contributed by atoms with Crippen LogP contribution in [0.2, 0.25) is 0 Å². The van der Waals surface area contributed by atoms with Gasteiger partial charge in [0.25, 0.3) is 0 Å². The fourth-order valence-corrected chi connectivity index (χ4v) is 4.22. The Morgan fingerprint density at radius 1 is 1.10 bits per heavy atom. The minimum Gasteiger partial charge on any atom is -0.483 e. The topological polar surface area (TPSA) is 21.3 Å². The fraction of sp³-hybridized carbons (Fsp3) is 0.176. The van der Waals surface area contributed by atoms with Gasteiger partial charge in [0.05, 0.1) is 4.88 Å². The van der Waals surface area contributed by atoms with Crippen LogP contribution in [-0.2, 0) is 6.54 Å². The Morgan fingerprint density at radius 3 is 2.86 bits per heavy atom. The lowest BCUT2D eigenvalue weighted by atomic mass is 10.1. The highest BCUT2D eigenvalue weighted by molar-refractivity contribution is 9.10. The molecule has 0 aliphatic carbocycles. The Morgan fingerprint density at radius 2 is 1.95 bits per heavy atom. The smallest absolute Gasteiger partial charge is 0.146 e. The van der Waals surface area contributed by atoms with Crippen molar-refractivity contribution in [1.82, 2.24) is 5.32 Å². The molecule has 2 nitrogen and oxygen atoms in total. The van der Waals surface area contributed by atoms with E-state index in [0.717, 1.165) is 28.7 Å². The minimum absolute atomic E-state index is 0.0957. The summed E-state index contributed by atoms with van der Waals surface area (Å²) in [6.45, 7) is 1.80. The summed E-state index contributed by atoms with van der Waals surface area (Å²) in [4.78, 5) is 1.35. The van der Waals surface area contributed by atoms with E-state index in [1.165, 1.54) is 15.8 Å². The quantitative estimate of drug-likeness (QED) is 0.703. The molecule has 3 aromatic rings. The summed E-state index contributed by atoms with van der Waals surface area (Å²) in [5, 5.41) is 7.91. The molecular formula is C17H14BrNOS. The van der Waals surface area contributed by atoms with Crippen molar-refractivity contribution in [3.8, 4) is 5.75 Å². The maximum absolute atomic E-state index is 6.34. The highest BCUT2D eigenvalue weighted by Gasteiger charge is 2.23. The van der Waals surface area contributed by atoms with Gasteiger partial charge >= 0.3 is 0 Å². The predicted octanol–water partition coefficient (Wildman–Crippen LogP) is 4.89. The lowest BCUT2D eigenvalue weighted by Gasteiger charge is -2.25. The summed E-state index contributed by atoms with van der Waals surface area (Å²) in [5.74, 6) is 0.946. The van der Waals surface area contributed by atoms with Gasteiger partial charge in [-0.2, -0.15) is 0 Å². The first-order chi connectivity index (χ1) is 10.3. The molecule has 1 aliphatic heterocycles. The molecule has 1 aliphatic rings. The average molecular weight is 360 g/mol. The average Bonchev–Trinajstić information content (AvgIpc) is 3.00. The first-order valence-electron chi connectivity index (χ1n) is 6.94. The number of rotatable bonds is 2. The summed E-state index contributed by atoms with van der Waals surface area (Å²) in [5.41, 5.74) is 1.36. The summed E-state index contributed by atoms with van der Waals surface area (Å²) >= 11 is 5.40. The molecule has 1 atom stereocenters. The highest BCUT2D eigenvalue weighted by atomic mass is 79.9. The Bertz CT molecular complexity index is 798. The van der Waals surface area contributed by atoms with Gasteiger partial charge in [0, 0.05) is 22.9 Å². The molecule has 0 fully saturated rings. The Balaban J connectivity index is 1.75. The number of ether oxygens (including phenoxy) is 1. The summed E-state index contributed by atoms with van der Waals surface area (Å²) in [6.07, 6.45) is 0.0957. The molecule has 0 saturated carbocycles. The Hall–Kier alpha value is -1.36. The number of fused-ring (bicyclic) bond motifs is 2. The maximum Gasteiger partial charge on any atom is 0.146 e. The standard InChI is InChI=1S/C17H14BrNOS/c18-14-5-6-15(13-4-2-1-3-12(13)14)20-16-10-19-9-11-7-8-21-17(11)16/h1-8,16,19H,9-10H2. The molecule has 2 heterocycles. The number of nitrogens with one attached hydrogen (secondary N) is 1. The maximum atomic E-state index is 6.34. The van der Waals surface area contributed by atoms with Crippen molar-refractivity contribution in [2.75, 3.05) is 6.54 Å². The second-order valence-electron chi connectivity index (χ2n) is 5.14. The van der Waals surface area contributed by atoms with E-state index in [9.17, 15) is 0 Å². The highest BCUT2D eigenvalue weighted by Crippen LogP contribution is 2.36. The lowest BCUT2D eigenvalue weighted by Crippen LogP contribution is -2.29. The van der Waals surface area contributed by atoms with Crippen molar-refractivity contribution in [3.05, 3.63) is 62.8 Å². The molecule has 1 N–H and O–H groups in total. The summed E-state index contributed by atoms with van der Waals surface area (Å²) in [6, 6.07) is 14.6. The van der Waals surface area contributed by atoms with Crippen LogP contribution in [0, 0.1) is 0 Å². The zero-order valence-corrected chi connectivity index (χ0v) is 13.7. The zero-order chi connectivity index (χ0) is 14.2. The molecule has 4 heteroatoms. The molecule has 21 heavy (non-hydrogen) atoms. The predicted molar refractivity (Wildman–Crippen MR) is 91.0 cm³/mol. The van der Waals surface area contributed by atoms with E-state index in [1.54, 1.807) is 11.3 Å². The Labute approximate surface area is 135 Å². The largest absolute Gasteiger partial charge is 0.483 e. The van der Waals surface area contributed by atoms with Crippen molar-refractivity contribution >= 4 is 38.0 Å². The van der Waals surface area contributed by atoms with Crippen LogP contribution in [0.15, 0.2) is 52.3 Å². The normalized spacial score (nSPS) is 17.7. The molecule has 0 amide bonds. The van der Waals surface area contributed by atoms with Crippen molar-refractivity contribution in [1.29, 1.82) is 0 Å². The summed E-state index contributed by atoms with van der Waals surface area (Å²) < 4.78 is 7.44. The third-order valence-electron chi connectivity index (χ3n) is 3.82. The second kappa shape index (κ2) is 5.44. The SMILES string of the molecule is Brc1ccc(OC2CNCc3ccsc32)c2ccccc12. The van der Waals surface area contributed by atoms with E-state index in [1.807, 2.05) is 6.07 Å². The fourth-order valence-electron chi connectivity index (χ4n) is 2.79. The number of thiophene rings is 1. The molecule has 0 radical (unpaired) electrons. The number of hydrogen-bond acceptors (Lipinski definition) is 3. The Kier molecular flexibility index (Phi) is 3.45. The number of benzene rings is 2. The molecule has 0 saturated heterocycles. The van der Waals surface area contributed by atoms with Gasteiger partial charge in [-0.25, -0.2) is 0 Å². The van der Waals surface area contributed by atoms with Gasteiger partial charge in [-0.05, 0) is 34.5 Å². The number of halogens is 1. The molecular weight excluding hydrogens is 346 g/mol. The first kappa shape index (κ1) is 13.3.